The quantitative estimate of drug-likeness (QED) is 0.376. The van der Waals surface area contributed by atoms with Crippen LogP contribution in [0.25, 0.3) is 0 Å². The van der Waals surface area contributed by atoms with E-state index in [2.05, 4.69) is 5.32 Å². The highest BCUT2D eigenvalue weighted by Crippen LogP contribution is 2.34. The van der Waals surface area contributed by atoms with Gasteiger partial charge in [0.15, 0.2) is 0 Å². The van der Waals surface area contributed by atoms with E-state index in [-0.39, 0.29) is 11.4 Å². The molecule has 9 nitrogen and oxygen atoms in total. The van der Waals surface area contributed by atoms with Crippen molar-refractivity contribution < 1.29 is 19.3 Å². The Morgan fingerprint density at radius 1 is 0.867 bits per heavy atom. The van der Waals surface area contributed by atoms with Gasteiger partial charge >= 0.3 is 5.69 Å². The van der Waals surface area contributed by atoms with Crippen LogP contribution >= 0.6 is 0 Å². The number of nitrogens with zero attached hydrogens (tertiary/aromatic N) is 2. The van der Waals surface area contributed by atoms with E-state index < -0.39 is 15.5 Å². The number of non-ortho nitro benzene ring substituents is 1. The van der Waals surface area contributed by atoms with Gasteiger partial charge in [-0.05, 0) is 55.0 Å². The molecule has 0 aliphatic rings. The summed E-state index contributed by atoms with van der Waals surface area (Å²) < 4.78 is 11.0. The number of nitro groups is 2. The van der Waals surface area contributed by atoms with Crippen LogP contribution < -0.4 is 14.8 Å². The molecule has 0 fully saturated rings. The van der Waals surface area contributed by atoms with Crippen LogP contribution in [0.4, 0.5) is 17.1 Å². The number of hydrogen-bond donors (Lipinski definition) is 1. The molecule has 0 aliphatic carbocycles. The lowest BCUT2D eigenvalue weighted by Crippen LogP contribution is -2.00. The summed E-state index contributed by atoms with van der Waals surface area (Å²) in [5, 5.41) is 25.3. The maximum Gasteiger partial charge on any atom is 0.318 e. The number of anilines is 1. The van der Waals surface area contributed by atoms with Gasteiger partial charge in [-0.25, -0.2) is 0 Å². The number of hydrogen-bond acceptors (Lipinski definition) is 7. The molecule has 9 heteroatoms. The van der Waals surface area contributed by atoms with Crippen LogP contribution in [-0.4, -0.2) is 16.5 Å². The van der Waals surface area contributed by atoms with Crippen molar-refractivity contribution in [3.8, 4) is 17.2 Å². The zero-order chi connectivity index (χ0) is 21.5. The standard InChI is InChI=1S/C21H19N3O6/c1-2-29-18-10-5-16(6-11-18)22-14-15-3-8-19(9-4-15)30-21-12-7-17(23(25)26)13-20(21)24(27)28/h3-13,22H,2,14H2,1H3. The fraction of sp³-hybridized carbons (Fsp3) is 0.143. The van der Waals surface area contributed by atoms with E-state index in [0.29, 0.717) is 18.9 Å². The third-order valence-electron chi connectivity index (χ3n) is 4.16. The molecule has 0 unspecified atom stereocenters. The lowest BCUT2D eigenvalue weighted by atomic mass is 10.2. The van der Waals surface area contributed by atoms with Crippen LogP contribution in [0.2, 0.25) is 0 Å². The van der Waals surface area contributed by atoms with Gasteiger partial charge in [-0.3, -0.25) is 20.2 Å². The van der Waals surface area contributed by atoms with Gasteiger partial charge in [0.25, 0.3) is 5.69 Å². The van der Waals surface area contributed by atoms with Gasteiger partial charge < -0.3 is 14.8 Å². The first-order chi connectivity index (χ1) is 14.5. The Bertz CT molecular complexity index is 1040. The van der Waals surface area contributed by atoms with Crippen LogP contribution in [0, 0.1) is 20.2 Å². The van der Waals surface area contributed by atoms with E-state index in [0.717, 1.165) is 29.1 Å². The van der Waals surface area contributed by atoms with Gasteiger partial charge in [0.2, 0.25) is 5.75 Å². The van der Waals surface area contributed by atoms with Crippen LogP contribution in [0.15, 0.2) is 66.7 Å². The Kier molecular flexibility index (Phi) is 6.43. The summed E-state index contributed by atoms with van der Waals surface area (Å²) in [4.78, 5) is 20.6. The summed E-state index contributed by atoms with van der Waals surface area (Å²) in [7, 11) is 0. The predicted molar refractivity (Wildman–Crippen MR) is 111 cm³/mol. The van der Waals surface area contributed by atoms with E-state index in [9.17, 15) is 20.2 Å². The number of nitro benzene ring substituents is 2. The monoisotopic (exact) mass is 409 g/mol. The third-order valence-corrected chi connectivity index (χ3v) is 4.16. The molecular formula is C21H19N3O6. The molecule has 1 N–H and O–H groups in total. The predicted octanol–water partition coefficient (Wildman–Crippen LogP) is 5.31. The summed E-state index contributed by atoms with van der Waals surface area (Å²) in [5.41, 5.74) is 1.09. The highest BCUT2D eigenvalue weighted by atomic mass is 16.6. The van der Waals surface area contributed by atoms with Gasteiger partial charge in [-0.15, -0.1) is 0 Å². The molecule has 0 saturated heterocycles. The Labute approximate surface area is 172 Å². The second-order valence-electron chi connectivity index (χ2n) is 6.22. The van der Waals surface area contributed by atoms with Gasteiger partial charge in [-0.2, -0.15) is 0 Å². The zero-order valence-corrected chi connectivity index (χ0v) is 16.1. The van der Waals surface area contributed by atoms with Gasteiger partial charge in [0.05, 0.1) is 22.5 Å². The van der Waals surface area contributed by atoms with E-state index in [1.54, 1.807) is 12.1 Å². The van der Waals surface area contributed by atoms with Crippen LogP contribution in [0.3, 0.4) is 0 Å². The number of rotatable bonds is 9. The first-order valence-electron chi connectivity index (χ1n) is 9.12. The normalized spacial score (nSPS) is 10.3. The van der Waals surface area contributed by atoms with Crippen LogP contribution in [0.1, 0.15) is 12.5 Å². The first kappa shape index (κ1) is 20.6. The minimum absolute atomic E-state index is 0.0640. The molecule has 30 heavy (non-hydrogen) atoms. The molecule has 0 bridgehead atoms. The van der Waals surface area contributed by atoms with Crippen molar-refractivity contribution >= 4 is 17.1 Å². The second-order valence-corrected chi connectivity index (χ2v) is 6.22. The van der Waals surface area contributed by atoms with Crippen molar-refractivity contribution in [3.05, 3.63) is 92.5 Å². The molecule has 0 atom stereocenters. The molecule has 0 heterocycles. The van der Waals surface area contributed by atoms with Crippen LogP contribution in [0.5, 0.6) is 17.2 Å². The fourth-order valence-electron chi connectivity index (χ4n) is 2.69. The summed E-state index contributed by atoms with van der Waals surface area (Å²) in [5.74, 6) is 1.13. The van der Waals surface area contributed by atoms with Crippen molar-refractivity contribution in [3.63, 3.8) is 0 Å². The average Bonchev–Trinajstić information content (AvgIpc) is 2.74. The zero-order valence-electron chi connectivity index (χ0n) is 16.1. The highest BCUT2D eigenvalue weighted by molar-refractivity contribution is 5.55. The molecule has 154 valence electrons. The van der Waals surface area contributed by atoms with Crippen molar-refractivity contribution in [1.82, 2.24) is 0 Å². The fourth-order valence-corrected chi connectivity index (χ4v) is 2.69. The Morgan fingerprint density at radius 2 is 1.53 bits per heavy atom. The van der Waals surface area contributed by atoms with E-state index in [1.165, 1.54) is 6.07 Å². The third kappa shape index (κ3) is 5.22. The molecule has 3 aromatic rings. The summed E-state index contributed by atoms with van der Waals surface area (Å²) in [6.07, 6.45) is 0. The molecule has 0 aliphatic heterocycles. The van der Waals surface area contributed by atoms with Gasteiger partial charge in [0, 0.05) is 18.3 Å². The van der Waals surface area contributed by atoms with Crippen molar-refractivity contribution in [2.24, 2.45) is 0 Å². The molecule has 0 saturated carbocycles. The minimum Gasteiger partial charge on any atom is -0.494 e. The minimum atomic E-state index is -0.711. The SMILES string of the molecule is CCOc1ccc(NCc2ccc(Oc3ccc([N+](=O)[O-])cc3[N+](=O)[O-])cc2)cc1. The van der Waals surface area contributed by atoms with Crippen molar-refractivity contribution in [2.75, 3.05) is 11.9 Å². The average molecular weight is 409 g/mol. The molecule has 3 rings (SSSR count). The molecular weight excluding hydrogens is 390 g/mol. The largest absolute Gasteiger partial charge is 0.494 e. The smallest absolute Gasteiger partial charge is 0.318 e. The maximum atomic E-state index is 11.2. The van der Waals surface area contributed by atoms with Gasteiger partial charge in [0.1, 0.15) is 11.5 Å². The lowest BCUT2D eigenvalue weighted by molar-refractivity contribution is -0.394. The Hall–Kier alpha value is -4.14. The summed E-state index contributed by atoms with van der Waals surface area (Å²) >= 11 is 0. The molecule has 0 spiro atoms. The topological polar surface area (TPSA) is 117 Å². The number of ether oxygens (including phenoxy) is 2. The van der Waals surface area contributed by atoms with Crippen molar-refractivity contribution in [2.45, 2.75) is 13.5 Å². The second kappa shape index (κ2) is 9.37. The summed E-state index contributed by atoms with van der Waals surface area (Å²) in [6.45, 7) is 3.12. The summed E-state index contributed by atoms with van der Waals surface area (Å²) in [6, 6.07) is 17.9. The molecule has 0 aromatic heterocycles. The molecule has 0 radical (unpaired) electrons. The molecule has 0 amide bonds. The van der Waals surface area contributed by atoms with E-state index >= 15 is 0 Å². The van der Waals surface area contributed by atoms with Crippen LogP contribution in [-0.2, 0) is 6.54 Å². The first-order valence-corrected chi connectivity index (χ1v) is 9.12. The highest BCUT2D eigenvalue weighted by Gasteiger charge is 2.21. The maximum absolute atomic E-state index is 11.2. The van der Waals surface area contributed by atoms with E-state index in [1.807, 2.05) is 43.3 Å². The van der Waals surface area contributed by atoms with Gasteiger partial charge in [-0.1, -0.05) is 12.1 Å². The Morgan fingerprint density at radius 3 is 2.13 bits per heavy atom. The Balaban J connectivity index is 1.64. The number of benzene rings is 3. The molecule has 3 aromatic carbocycles. The lowest BCUT2D eigenvalue weighted by Gasteiger charge is -2.10. The number of nitrogens with one attached hydrogen (secondary N) is 1. The van der Waals surface area contributed by atoms with Crippen molar-refractivity contribution in [1.29, 1.82) is 0 Å². The van der Waals surface area contributed by atoms with E-state index in [4.69, 9.17) is 9.47 Å².